The number of hydrogen-bond donors (Lipinski definition) is 3. The van der Waals surface area contributed by atoms with E-state index < -0.39 is 5.91 Å². The fraction of sp³-hybridized carbons (Fsp3) is 0.522. The number of amides is 1. The van der Waals surface area contributed by atoms with Gasteiger partial charge in [0.2, 0.25) is 5.95 Å². The molecule has 0 atom stereocenters. The van der Waals surface area contributed by atoms with E-state index in [0.717, 1.165) is 24.4 Å². The number of nitrogens with zero attached hydrogens (tertiary/aromatic N) is 3. The summed E-state index contributed by atoms with van der Waals surface area (Å²) in [5.74, 6) is 1.80. The van der Waals surface area contributed by atoms with Crippen LogP contribution in [-0.2, 0) is 0 Å². The van der Waals surface area contributed by atoms with Crippen molar-refractivity contribution >= 4 is 23.4 Å². The summed E-state index contributed by atoms with van der Waals surface area (Å²) in [5.41, 5.74) is 8.10. The minimum Gasteiger partial charge on any atom is -0.367 e. The van der Waals surface area contributed by atoms with E-state index >= 15 is 0 Å². The predicted octanol–water partition coefficient (Wildman–Crippen LogP) is 3.73. The number of rotatable bonds is 8. The van der Waals surface area contributed by atoms with Crippen LogP contribution in [-0.4, -0.2) is 46.5 Å². The van der Waals surface area contributed by atoms with Gasteiger partial charge in [-0.25, -0.2) is 4.98 Å². The van der Waals surface area contributed by atoms with Gasteiger partial charge in [-0.1, -0.05) is 26.0 Å². The van der Waals surface area contributed by atoms with Crippen LogP contribution in [0.25, 0.3) is 0 Å². The number of carbonyl (C=O) groups excluding carboxylic acids is 1. The van der Waals surface area contributed by atoms with Crippen LogP contribution in [0.1, 0.15) is 61.4 Å². The van der Waals surface area contributed by atoms with E-state index in [-0.39, 0.29) is 0 Å². The van der Waals surface area contributed by atoms with Crippen molar-refractivity contribution in [2.45, 2.75) is 51.5 Å². The van der Waals surface area contributed by atoms with Crippen LogP contribution in [0.3, 0.4) is 0 Å². The normalized spacial score (nSPS) is 17.8. The molecule has 0 radical (unpaired) electrons. The molecule has 1 aliphatic carbocycles. The van der Waals surface area contributed by atoms with E-state index in [1.165, 1.54) is 44.2 Å². The van der Waals surface area contributed by atoms with Gasteiger partial charge in [-0.2, -0.15) is 4.98 Å². The molecule has 1 aromatic carbocycles. The SMILES string of the molecule is CC(C)CN1CCC(c2ccc(Nc3ncc(C(N)=O)c(NC4CC4)n3)cc2)CC1. The lowest BCUT2D eigenvalue weighted by Crippen LogP contribution is -2.35. The zero-order valence-electron chi connectivity index (χ0n) is 17.9. The first-order valence-electron chi connectivity index (χ1n) is 11.0. The second-order valence-corrected chi connectivity index (χ2v) is 8.95. The summed E-state index contributed by atoms with van der Waals surface area (Å²) in [6.45, 7) is 8.13. The Labute approximate surface area is 178 Å². The smallest absolute Gasteiger partial charge is 0.254 e. The highest BCUT2D eigenvalue weighted by atomic mass is 16.1. The number of aromatic nitrogens is 2. The summed E-state index contributed by atoms with van der Waals surface area (Å²) in [6.07, 6.45) is 6.09. The highest BCUT2D eigenvalue weighted by molar-refractivity contribution is 5.97. The molecule has 2 aliphatic rings. The quantitative estimate of drug-likeness (QED) is 0.616. The van der Waals surface area contributed by atoms with E-state index in [1.807, 2.05) is 0 Å². The molecule has 1 aliphatic heterocycles. The maximum atomic E-state index is 11.6. The molecule has 1 saturated carbocycles. The van der Waals surface area contributed by atoms with E-state index in [4.69, 9.17) is 5.73 Å². The molecule has 1 aromatic heterocycles. The van der Waals surface area contributed by atoms with Crippen molar-refractivity contribution in [1.29, 1.82) is 0 Å². The molecule has 1 saturated heterocycles. The maximum Gasteiger partial charge on any atom is 0.254 e. The van der Waals surface area contributed by atoms with Crippen molar-refractivity contribution in [1.82, 2.24) is 14.9 Å². The second-order valence-electron chi connectivity index (χ2n) is 8.95. The first-order chi connectivity index (χ1) is 14.5. The molecule has 0 bridgehead atoms. The number of nitrogens with one attached hydrogen (secondary N) is 2. The molecule has 2 fully saturated rings. The second kappa shape index (κ2) is 9.00. The van der Waals surface area contributed by atoms with Gasteiger partial charge in [-0.3, -0.25) is 4.79 Å². The van der Waals surface area contributed by atoms with Crippen LogP contribution < -0.4 is 16.4 Å². The first-order valence-corrected chi connectivity index (χ1v) is 11.0. The van der Waals surface area contributed by atoms with Crippen LogP contribution in [0.15, 0.2) is 30.5 Å². The van der Waals surface area contributed by atoms with Crippen LogP contribution >= 0.6 is 0 Å². The van der Waals surface area contributed by atoms with Gasteiger partial charge in [0.25, 0.3) is 5.91 Å². The van der Waals surface area contributed by atoms with Gasteiger partial charge < -0.3 is 21.3 Å². The topological polar surface area (TPSA) is 96.2 Å². The van der Waals surface area contributed by atoms with Crippen LogP contribution in [0, 0.1) is 5.92 Å². The number of carbonyl (C=O) groups is 1. The Morgan fingerprint density at radius 3 is 2.47 bits per heavy atom. The van der Waals surface area contributed by atoms with Gasteiger partial charge in [0.15, 0.2) is 0 Å². The Kier molecular flexibility index (Phi) is 6.18. The molecule has 0 unspecified atom stereocenters. The highest BCUT2D eigenvalue weighted by Gasteiger charge is 2.24. The molecule has 160 valence electrons. The van der Waals surface area contributed by atoms with Gasteiger partial charge in [-0.05, 0) is 68.3 Å². The first kappa shape index (κ1) is 20.6. The Hall–Kier alpha value is -2.67. The average molecular weight is 409 g/mol. The molecule has 2 heterocycles. The van der Waals surface area contributed by atoms with E-state index in [1.54, 1.807) is 0 Å². The van der Waals surface area contributed by atoms with E-state index in [0.29, 0.717) is 29.3 Å². The molecule has 1 amide bonds. The minimum atomic E-state index is -0.520. The summed E-state index contributed by atoms with van der Waals surface area (Å²) < 4.78 is 0. The number of likely N-dealkylation sites (tertiary alicyclic amines) is 1. The Morgan fingerprint density at radius 2 is 1.87 bits per heavy atom. The molecular weight excluding hydrogens is 376 g/mol. The number of benzene rings is 1. The van der Waals surface area contributed by atoms with Gasteiger partial charge >= 0.3 is 0 Å². The van der Waals surface area contributed by atoms with Gasteiger partial charge in [-0.15, -0.1) is 0 Å². The molecule has 4 N–H and O–H groups in total. The molecule has 4 rings (SSSR count). The third-order valence-corrected chi connectivity index (χ3v) is 5.82. The zero-order chi connectivity index (χ0) is 21.1. The van der Waals surface area contributed by atoms with Crippen molar-refractivity contribution in [2.24, 2.45) is 11.7 Å². The van der Waals surface area contributed by atoms with E-state index in [2.05, 4.69) is 63.6 Å². The lowest BCUT2D eigenvalue weighted by atomic mass is 9.89. The maximum absolute atomic E-state index is 11.6. The van der Waals surface area contributed by atoms with Crippen molar-refractivity contribution < 1.29 is 4.79 Å². The number of piperidine rings is 1. The molecular formula is C23H32N6O. The fourth-order valence-electron chi connectivity index (χ4n) is 4.09. The van der Waals surface area contributed by atoms with Gasteiger partial charge in [0, 0.05) is 24.5 Å². The molecule has 2 aromatic rings. The fourth-order valence-corrected chi connectivity index (χ4v) is 4.09. The summed E-state index contributed by atoms with van der Waals surface area (Å²) in [5, 5.41) is 6.50. The van der Waals surface area contributed by atoms with Crippen LogP contribution in [0.2, 0.25) is 0 Å². The average Bonchev–Trinajstić information content (AvgIpc) is 3.53. The lowest BCUT2D eigenvalue weighted by molar-refractivity contribution is 0.100. The number of anilines is 3. The van der Waals surface area contributed by atoms with Gasteiger partial charge in [0.1, 0.15) is 5.82 Å². The van der Waals surface area contributed by atoms with Crippen molar-refractivity contribution in [3.63, 3.8) is 0 Å². The van der Waals surface area contributed by atoms with E-state index in [9.17, 15) is 4.79 Å². The lowest BCUT2D eigenvalue weighted by Gasteiger charge is -2.33. The molecule has 30 heavy (non-hydrogen) atoms. The largest absolute Gasteiger partial charge is 0.367 e. The number of nitrogens with two attached hydrogens (primary N) is 1. The monoisotopic (exact) mass is 408 g/mol. The summed E-state index contributed by atoms with van der Waals surface area (Å²) in [4.78, 5) is 22.9. The number of hydrogen-bond acceptors (Lipinski definition) is 6. The minimum absolute atomic E-state index is 0.326. The van der Waals surface area contributed by atoms with Crippen molar-refractivity contribution in [3.8, 4) is 0 Å². The molecule has 7 heteroatoms. The predicted molar refractivity (Wildman–Crippen MR) is 120 cm³/mol. The highest BCUT2D eigenvalue weighted by Crippen LogP contribution is 2.30. The number of primary amides is 1. The zero-order valence-corrected chi connectivity index (χ0v) is 17.9. The van der Waals surface area contributed by atoms with Crippen LogP contribution in [0.5, 0.6) is 0 Å². The van der Waals surface area contributed by atoms with Crippen molar-refractivity contribution in [2.75, 3.05) is 30.3 Å². The Bertz CT molecular complexity index is 870. The summed E-state index contributed by atoms with van der Waals surface area (Å²) >= 11 is 0. The standard InChI is InChI=1S/C23H32N6O/c1-15(2)14-29-11-9-17(10-12-29)16-3-5-19(6-4-16)27-23-25-13-20(21(24)30)22(28-23)26-18-7-8-18/h3-6,13,15,17-18H,7-12,14H2,1-2H3,(H2,24,30)(H2,25,26,27,28). The Balaban J connectivity index is 1.38. The molecule has 7 nitrogen and oxygen atoms in total. The third-order valence-electron chi connectivity index (χ3n) is 5.82. The molecule has 0 spiro atoms. The third kappa shape index (κ3) is 5.27. The summed E-state index contributed by atoms with van der Waals surface area (Å²) in [7, 11) is 0. The van der Waals surface area contributed by atoms with Crippen LogP contribution in [0.4, 0.5) is 17.5 Å². The van der Waals surface area contributed by atoms with Gasteiger partial charge in [0.05, 0.1) is 5.56 Å². The summed E-state index contributed by atoms with van der Waals surface area (Å²) in [6, 6.07) is 8.93. The van der Waals surface area contributed by atoms with Crippen molar-refractivity contribution in [3.05, 3.63) is 41.6 Å². The Morgan fingerprint density at radius 1 is 1.17 bits per heavy atom.